The molecule has 2 N–H and O–H groups in total. The number of hydrogen-bond donors (Lipinski definition) is 2. The molecule has 13 heteroatoms. The van der Waals surface area contributed by atoms with E-state index < -0.39 is 47.7 Å². The van der Waals surface area contributed by atoms with Crippen molar-refractivity contribution >= 4 is 41.1 Å². The van der Waals surface area contributed by atoms with Gasteiger partial charge in [0.25, 0.3) is 0 Å². The van der Waals surface area contributed by atoms with E-state index >= 15 is 0 Å². The van der Waals surface area contributed by atoms with Crippen molar-refractivity contribution in [3.8, 4) is 11.3 Å². The number of fused-ring (bicyclic) bond motifs is 1. The number of carbonyl (C=O) groups excluding carboxylic acids is 3. The zero-order valence-electron chi connectivity index (χ0n) is 26.1. The molecule has 246 valence electrons. The summed E-state index contributed by atoms with van der Waals surface area (Å²) in [7, 11) is 0. The van der Waals surface area contributed by atoms with Crippen LogP contribution in [0.25, 0.3) is 11.3 Å². The summed E-state index contributed by atoms with van der Waals surface area (Å²) >= 11 is 5.87. The average Bonchev–Trinajstić information content (AvgIpc) is 3.38. The number of nitrogens with one attached hydrogen (secondary N) is 2. The van der Waals surface area contributed by atoms with Gasteiger partial charge in [-0.2, -0.15) is 0 Å². The summed E-state index contributed by atoms with van der Waals surface area (Å²) in [6.07, 6.45) is -1.29. The summed E-state index contributed by atoms with van der Waals surface area (Å²) in [5.74, 6) is -1.40. The minimum absolute atomic E-state index is 0.00334. The average molecular weight is 666 g/mol. The normalized spacial score (nSPS) is 13.4. The van der Waals surface area contributed by atoms with Crippen LogP contribution in [-0.4, -0.2) is 50.6 Å². The van der Waals surface area contributed by atoms with E-state index in [1.54, 1.807) is 51.1 Å². The molecule has 47 heavy (non-hydrogen) atoms. The van der Waals surface area contributed by atoms with Gasteiger partial charge in [-0.15, -0.1) is 0 Å². The Morgan fingerprint density at radius 1 is 1.00 bits per heavy atom. The molecular weight excluding hydrogens is 632 g/mol. The minimum Gasteiger partial charge on any atom is -0.461 e. The minimum atomic E-state index is -1.29. The van der Waals surface area contributed by atoms with Crippen molar-refractivity contribution in [1.82, 2.24) is 19.8 Å². The molecule has 5 rings (SSSR count). The van der Waals surface area contributed by atoms with Gasteiger partial charge in [0.15, 0.2) is 0 Å². The Labute approximate surface area is 275 Å². The van der Waals surface area contributed by atoms with Crippen LogP contribution in [0.1, 0.15) is 38.6 Å². The van der Waals surface area contributed by atoms with Crippen molar-refractivity contribution in [3.05, 3.63) is 101 Å². The number of hydrogen-bond acceptors (Lipinski definition) is 7. The first-order chi connectivity index (χ1) is 22.4. The number of ether oxygens (including phenoxy) is 2. The van der Waals surface area contributed by atoms with Crippen molar-refractivity contribution in [1.29, 1.82) is 0 Å². The van der Waals surface area contributed by atoms with E-state index in [2.05, 4.69) is 10.6 Å². The van der Waals surface area contributed by atoms with Gasteiger partial charge in [0.2, 0.25) is 5.91 Å². The molecule has 0 saturated heterocycles. The second kappa shape index (κ2) is 14.2. The Morgan fingerprint density at radius 3 is 2.47 bits per heavy atom. The largest absolute Gasteiger partial charge is 0.461 e. The van der Waals surface area contributed by atoms with Crippen molar-refractivity contribution in [2.75, 3.05) is 11.9 Å². The molecule has 0 radical (unpaired) electrons. The number of benzene rings is 3. The summed E-state index contributed by atoms with van der Waals surface area (Å²) in [4.78, 5) is 45.7. The standard InChI is InChI=1S/C34H34ClF2N5O5/c1-34(2,3)47-33(45)39-27(18-29(43)46-20-21-8-5-4-6-9-21)32(44)41-14-15-42-28(19-41)40-30(22-10-7-11-23(36)16-22)31(42)38-24-12-13-25(35)26(37)17-24/h4-13,16-17,27,38H,14-15,18-20H2,1-3H3,(H,39,45)/t27-/m0/s1. The van der Waals surface area contributed by atoms with Gasteiger partial charge in [-0.3, -0.25) is 9.59 Å². The third-order valence-corrected chi connectivity index (χ3v) is 7.47. The Morgan fingerprint density at radius 2 is 1.77 bits per heavy atom. The molecule has 0 aliphatic carbocycles. The highest BCUT2D eigenvalue weighted by Gasteiger charge is 2.34. The lowest BCUT2D eigenvalue weighted by Crippen LogP contribution is -2.52. The molecule has 2 amide bonds. The van der Waals surface area contributed by atoms with Crippen molar-refractivity contribution in [2.24, 2.45) is 0 Å². The Balaban J connectivity index is 1.39. The van der Waals surface area contributed by atoms with E-state index in [4.69, 9.17) is 26.1 Å². The van der Waals surface area contributed by atoms with Crippen LogP contribution in [0, 0.1) is 11.6 Å². The van der Waals surface area contributed by atoms with E-state index in [0.29, 0.717) is 28.6 Å². The van der Waals surface area contributed by atoms with Gasteiger partial charge in [0.05, 0.1) is 18.0 Å². The smallest absolute Gasteiger partial charge is 0.408 e. The fraction of sp³-hybridized carbons (Fsp3) is 0.294. The first-order valence-corrected chi connectivity index (χ1v) is 15.3. The van der Waals surface area contributed by atoms with E-state index in [1.165, 1.54) is 29.2 Å². The maximum atomic E-state index is 14.3. The van der Waals surface area contributed by atoms with Crippen LogP contribution in [0.3, 0.4) is 0 Å². The second-order valence-electron chi connectivity index (χ2n) is 12.0. The van der Waals surface area contributed by atoms with Gasteiger partial charge in [-0.05, 0) is 56.7 Å². The van der Waals surface area contributed by atoms with E-state index in [-0.39, 0.29) is 31.3 Å². The molecule has 3 aromatic carbocycles. The number of rotatable bonds is 9. The second-order valence-corrected chi connectivity index (χ2v) is 12.4. The van der Waals surface area contributed by atoms with Crippen LogP contribution >= 0.6 is 11.6 Å². The predicted molar refractivity (Wildman–Crippen MR) is 172 cm³/mol. The summed E-state index contributed by atoms with van der Waals surface area (Å²) in [6, 6.07) is 17.9. The number of aromatic nitrogens is 2. The highest BCUT2D eigenvalue weighted by molar-refractivity contribution is 6.30. The van der Waals surface area contributed by atoms with Crippen LogP contribution < -0.4 is 10.6 Å². The summed E-state index contributed by atoms with van der Waals surface area (Å²) < 4.78 is 41.1. The molecule has 2 heterocycles. The Hall–Kier alpha value is -4.97. The molecule has 0 saturated carbocycles. The van der Waals surface area contributed by atoms with Gasteiger partial charge < -0.3 is 29.6 Å². The Kier molecular flexibility index (Phi) is 10.1. The lowest BCUT2D eigenvalue weighted by Gasteiger charge is -2.32. The van der Waals surface area contributed by atoms with Gasteiger partial charge in [0, 0.05) is 24.3 Å². The third-order valence-electron chi connectivity index (χ3n) is 7.17. The fourth-order valence-corrected chi connectivity index (χ4v) is 5.15. The zero-order chi connectivity index (χ0) is 33.7. The lowest BCUT2D eigenvalue weighted by atomic mass is 10.1. The number of carbonyl (C=O) groups is 3. The van der Waals surface area contributed by atoms with Crippen LogP contribution in [0.4, 0.5) is 25.1 Å². The van der Waals surface area contributed by atoms with Gasteiger partial charge in [0.1, 0.15) is 47.2 Å². The first-order valence-electron chi connectivity index (χ1n) is 14.9. The van der Waals surface area contributed by atoms with Gasteiger partial charge >= 0.3 is 12.1 Å². The third kappa shape index (κ3) is 8.64. The number of anilines is 2. The quantitative estimate of drug-likeness (QED) is 0.194. The summed E-state index contributed by atoms with van der Waals surface area (Å²) in [5, 5.41) is 5.67. The number of esters is 1. The molecular formula is C34H34ClF2N5O5. The number of amides is 2. The van der Waals surface area contributed by atoms with Crippen LogP contribution in [0.5, 0.6) is 0 Å². The molecule has 0 fully saturated rings. The predicted octanol–water partition coefficient (Wildman–Crippen LogP) is 6.59. The molecule has 1 aliphatic rings. The number of imidazole rings is 1. The number of nitrogens with zero attached hydrogens (tertiary/aromatic N) is 3. The molecule has 1 aromatic heterocycles. The molecule has 0 spiro atoms. The van der Waals surface area contributed by atoms with Gasteiger partial charge in [-0.25, -0.2) is 18.6 Å². The highest BCUT2D eigenvalue weighted by atomic mass is 35.5. The van der Waals surface area contributed by atoms with Crippen molar-refractivity contribution in [3.63, 3.8) is 0 Å². The molecule has 10 nitrogen and oxygen atoms in total. The van der Waals surface area contributed by atoms with E-state index in [1.807, 2.05) is 22.8 Å². The highest BCUT2D eigenvalue weighted by Crippen LogP contribution is 2.34. The Bertz CT molecular complexity index is 1780. The maximum Gasteiger partial charge on any atom is 0.408 e. The summed E-state index contributed by atoms with van der Waals surface area (Å²) in [6.45, 7) is 5.49. The molecule has 1 aliphatic heterocycles. The van der Waals surface area contributed by atoms with Gasteiger partial charge in [-0.1, -0.05) is 54.1 Å². The fourth-order valence-electron chi connectivity index (χ4n) is 5.03. The molecule has 0 unspecified atom stereocenters. The first kappa shape index (κ1) is 33.4. The molecule has 1 atom stereocenters. The van der Waals surface area contributed by atoms with E-state index in [9.17, 15) is 23.2 Å². The SMILES string of the molecule is CC(C)(C)OC(=O)N[C@@H](CC(=O)OCc1ccccc1)C(=O)N1CCn2c(nc(-c3cccc(F)c3)c2Nc2ccc(Cl)c(F)c2)C1. The number of alkyl carbamates (subject to hydrolysis) is 1. The van der Waals surface area contributed by atoms with Crippen LogP contribution in [0.2, 0.25) is 5.02 Å². The molecule has 4 aromatic rings. The summed E-state index contributed by atoms with van der Waals surface area (Å²) in [5.41, 5.74) is 1.17. The number of halogens is 3. The van der Waals surface area contributed by atoms with Crippen LogP contribution in [0.15, 0.2) is 72.8 Å². The maximum absolute atomic E-state index is 14.3. The monoisotopic (exact) mass is 665 g/mol. The zero-order valence-corrected chi connectivity index (χ0v) is 26.8. The lowest BCUT2D eigenvalue weighted by molar-refractivity contribution is -0.148. The van der Waals surface area contributed by atoms with Crippen molar-refractivity contribution < 1.29 is 32.6 Å². The van der Waals surface area contributed by atoms with E-state index in [0.717, 1.165) is 5.56 Å². The molecule has 0 bridgehead atoms. The van der Waals surface area contributed by atoms with Crippen LogP contribution in [-0.2, 0) is 38.8 Å². The van der Waals surface area contributed by atoms with Crippen molar-refractivity contribution in [2.45, 2.75) is 58.5 Å². The topological polar surface area (TPSA) is 115 Å².